The first-order valence-corrected chi connectivity index (χ1v) is 13.3. The molecule has 37 heavy (non-hydrogen) atoms. The van der Waals surface area contributed by atoms with Crippen LogP contribution in [0.5, 0.6) is 5.75 Å². The smallest absolute Gasteiger partial charge is 0.291 e. The van der Waals surface area contributed by atoms with Crippen molar-refractivity contribution in [3.63, 3.8) is 0 Å². The Labute approximate surface area is 221 Å². The molecule has 0 radical (unpaired) electrons. The van der Waals surface area contributed by atoms with Crippen LogP contribution in [-0.2, 0) is 4.79 Å². The van der Waals surface area contributed by atoms with Crippen molar-refractivity contribution >= 4 is 55.9 Å². The third-order valence-corrected chi connectivity index (χ3v) is 7.55. The second kappa shape index (κ2) is 11.3. The van der Waals surface area contributed by atoms with Crippen LogP contribution in [0.3, 0.4) is 0 Å². The molecule has 2 aromatic heterocycles. The van der Waals surface area contributed by atoms with E-state index in [2.05, 4.69) is 15.6 Å². The zero-order chi connectivity index (χ0) is 25.6. The van der Waals surface area contributed by atoms with Crippen molar-refractivity contribution in [2.24, 2.45) is 0 Å². The number of aromatic nitrogens is 1. The van der Waals surface area contributed by atoms with Crippen molar-refractivity contribution in [1.82, 2.24) is 4.98 Å². The van der Waals surface area contributed by atoms with Gasteiger partial charge in [-0.2, -0.15) is 0 Å². The Morgan fingerprint density at radius 2 is 1.81 bits per heavy atom. The number of hydrogen-bond donors (Lipinski definition) is 2. The molecule has 0 spiro atoms. The average Bonchev–Trinajstić information content (AvgIpc) is 3.59. The SMILES string of the molecule is CCOc1ccc2nc(NC(=O)C(Sc3ccc(NC(=O)c4ccco4)cc3)c3ccccc3)sc2c1. The zero-order valence-electron chi connectivity index (χ0n) is 19.8. The average molecular weight is 530 g/mol. The minimum atomic E-state index is -0.504. The van der Waals surface area contributed by atoms with Crippen LogP contribution in [0.25, 0.3) is 10.2 Å². The van der Waals surface area contributed by atoms with Gasteiger partial charge < -0.3 is 19.8 Å². The summed E-state index contributed by atoms with van der Waals surface area (Å²) in [7, 11) is 0. The monoisotopic (exact) mass is 529 g/mol. The largest absolute Gasteiger partial charge is 0.494 e. The summed E-state index contributed by atoms with van der Waals surface area (Å²) in [6, 6.07) is 25.9. The summed E-state index contributed by atoms with van der Waals surface area (Å²) in [5.74, 6) is 0.521. The van der Waals surface area contributed by atoms with Gasteiger partial charge in [0.05, 0.1) is 23.1 Å². The van der Waals surface area contributed by atoms with Gasteiger partial charge in [-0.15, -0.1) is 11.8 Å². The Morgan fingerprint density at radius 3 is 2.54 bits per heavy atom. The number of amides is 2. The fourth-order valence-corrected chi connectivity index (χ4v) is 5.56. The van der Waals surface area contributed by atoms with Gasteiger partial charge in [-0.3, -0.25) is 9.59 Å². The lowest BCUT2D eigenvalue weighted by Gasteiger charge is -2.16. The summed E-state index contributed by atoms with van der Waals surface area (Å²) >= 11 is 2.83. The number of thiazole rings is 1. The minimum absolute atomic E-state index is 0.171. The number of nitrogens with one attached hydrogen (secondary N) is 2. The van der Waals surface area contributed by atoms with E-state index in [9.17, 15) is 9.59 Å². The first kappa shape index (κ1) is 24.6. The molecule has 186 valence electrons. The van der Waals surface area contributed by atoms with E-state index < -0.39 is 5.25 Å². The number of hydrogen-bond acceptors (Lipinski definition) is 7. The molecule has 0 aliphatic rings. The van der Waals surface area contributed by atoms with Gasteiger partial charge in [-0.25, -0.2) is 4.98 Å². The van der Waals surface area contributed by atoms with E-state index in [1.807, 2.05) is 67.6 Å². The van der Waals surface area contributed by atoms with E-state index in [4.69, 9.17) is 9.15 Å². The van der Waals surface area contributed by atoms with Gasteiger partial charge in [-0.1, -0.05) is 41.7 Å². The van der Waals surface area contributed by atoms with Crippen LogP contribution in [-0.4, -0.2) is 23.4 Å². The Kier molecular flexibility index (Phi) is 7.53. The molecule has 2 heterocycles. The molecule has 0 aliphatic heterocycles. The number of fused-ring (bicyclic) bond motifs is 1. The highest BCUT2D eigenvalue weighted by molar-refractivity contribution is 8.00. The van der Waals surface area contributed by atoms with Crippen LogP contribution in [0.15, 0.2) is 101 Å². The van der Waals surface area contributed by atoms with Crippen molar-refractivity contribution in [2.45, 2.75) is 17.1 Å². The molecule has 0 aliphatic carbocycles. The standard InChI is InChI=1S/C28H23N3O4S2/c1-2-34-20-12-15-22-24(17-20)37-28(30-22)31-27(33)25(18-7-4-3-5-8-18)36-21-13-10-19(11-14-21)29-26(32)23-9-6-16-35-23/h3-17,25H,2H2,1H3,(H,29,32)(H,30,31,33). The molecule has 9 heteroatoms. The summed E-state index contributed by atoms with van der Waals surface area (Å²) in [4.78, 5) is 31.1. The van der Waals surface area contributed by atoms with Crippen molar-refractivity contribution in [3.05, 3.63) is 103 Å². The van der Waals surface area contributed by atoms with E-state index in [0.717, 1.165) is 26.4 Å². The van der Waals surface area contributed by atoms with E-state index in [-0.39, 0.29) is 17.6 Å². The van der Waals surface area contributed by atoms with Gasteiger partial charge in [-0.05, 0) is 67.1 Å². The Bertz CT molecular complexity index is 1500. The van der Waals surface area contributed by atoms with E-state index in [1.54, 1.807) is 24.3 Å². The molecular formula is C28H23N3O4S2. The number of benzene rings is 3. The van der Waals surface area contributed by atoms with Gasteiger partial charge >= 0.3 is 0 Å². The van der Waals surface area contributed by atoms with Crippen LogP contribution in [0.2, 0.25) is 0 Å². The quantitative estimate of drug-likeness (QED) is 0.200. The first-order chi connectivity index (χ1) is 18.1. The number of nitrogens with zero attached hydrogens (tertiary/aromatic N) is 1. The molecule has 0 bridgehead atoms. The molecule has 0 fully saturated rings. The second-order valence-electron chi connectivity index (χ2n) is 7.94. The van der Waals surface area contributed by atoms with Gasteiger partial charge in [0.2, 0.25) is 5.91 Å². The van der Waals surface area contributed by atoms with Gasteiger partial charge in [0.15, 0.2) is 10.9 Å². The molecule has 0 saturated carbocycles. The van der Waals surface area contributed by atoms with Crippen LogP contribution in [0, 0.1) is 0 Å². The Balaban J connectivity index is 1.32. The zero-order valence-corrected chi connectivity index (χ0v) is 21.5. The van der Waals surface area contributed by atoms with Crippen LogP contribution in [0.4, 0.5) is 10.8 Å². The molecule has 5 aromatic rings. The highest BCUT2D eigenvalue weighted by atomic mass is 32.2. The lowest BCUT2D eigenvalue weighted by atomic mass is 10.1. The molecule has 1 atom stereocenters. The predicted molar refractivity (Wildman–Crippen MR) is 148 cm³/mol. The fraction of sp³-hybridized carbons (Fsp3) is 0.107. The van der Waals surface area contributed by atoms with Crippen LogP contribution in [0.1, 0.15) is 28.3 Å². The maximum Gasteiger partial charge on any atom is 0.291 e. The second-order valence-corrected chi connectivity index (χ2v) is 10.1. The first-order valence-electron chi connectivity index (χ1n) is 11.6. The number of ether oxygens (including phenoxy) is 1. The van der Waals surface area contributed by atoms with Gasteiger partial charge in [0.25, 0.3) is 5.91 Å². The third-order valence-electron chi connectivity index (χ3n) is 5.35. The molecule has 2 amide bonds. The molecular weight excluding hydrogens is 506 g/mol. The van der Waals surface area contributed by atoms with Crippen LogP contribution < -0.4 is 15.4 Å². The third kappa shape index (κ3) is 6.02. The summed E-state index contributed by atoms with van der Waals surface area (Å²) in [5, 5.41) is 5.82. The van der Waals surface area contributed by atoms with E-state index in [1.165, 1.54) is 29.4 Å². The molecule has 0 saturated heterocycles. The molecule has 5 rings (SSSR count). The number of thioether (sulfide) groups is 1. The van der Waals surface area contributed by atoms with Crippen molar-refractivity contribution in [3.8, 4) is 5.75 Å². The highest BCUT2D eigenvalue weighted by Gasteiger charge is 2.23. The summed E-state index contributed by atoms with van der Waals surface area (Å²) in [6.45, 7) is 2.52. The summed E-state index contributed by atoms with van der Waals surface area (Å²) < 4.78 is 11.7. The number of furan rings is 1. The van der Waals surface area contributed by atoms with E-state index in [0.29, 0.717) is 17.4 Å². The fourth-order valence-electron chi connectivity index (χ4n) is 3.64. The Hall–Kier alpha value is -4.08. The lowest BCUT2D eigenvalue weighted by molar-refractivity contribution is -0.115. The van der Waals surface area contributed by atoms with Crippen molar-refractivity contribution < 1.29 is 18.7 Å². The van der Waals surface area contributed by atoms with Crippen LogP contribution >= 0.6 is 23.1 Å². The molecule has 2 N–H and O–H groups in total. The number of rotatable bonds is 9. The maximum atomic E-state index is 13.5. The van der Waals surface area contributed by atoms with Gasteiger partial charge in [0.1, 0.15) is 11.0 Å². The lowest BCUT2D eigenvalue weighted by Crippen LogP contribution is -2.18. The molecule has 1 unspecified atom stereocenters. The normalized spacial score (nSPS) is 11.7. The topological polar surface area (TPSA) is 93.5 Å². The number of carbonyl (C=O) groups is 2. The number of anilines is 2. The van der Waals surface area contributed by atoms with Gasteiger partial charge in [0, 0.05) is 10.6 Å². The summed E-state index contributed by atoms with van der Waals surface area (Å²) in [6.07, 6.45) is 1.45. The highest BCUT2D eigenvalue weighted by Crippen LogP contribution is 2.38. The summed E-state index contributed by atoms with van der Waals surface area (Å²) in [5.41, 5.74) is 2.31. The Morgan fingerprint density at radius 1 is 1.00 bits per heavy atom. The molecule has 3 aromatic carbocycles. The van der Waals surface area contributed by atoms with Crippen molar-refractivity contribution in [2.75, 3.05) is 17.2 Å². The van der Waals surface area contributed by atoms with E-state index >= 15 is 0 Å². The van der Waals surface area contributed by atoms with Crippen molar-refractivity contribution in [1.29, 1.82) is 0 Å². The molecule has 7 nitrogen and oxygen atoms in total. The maximum absolute atomic E-state index is 13.5. The minimum Gasteiger partial charge on any atom is -0.494 e. The number of carbonyl (C=O) groups excluding carboxylic acids is 2. The predicted octanol–water partition coefficient (Wildman–Crippen LogP) is 7.01.